The van der Waals surface area contributed by atoms with Gasteiger partial charge in [-0.15, -0.1) is 0 Å². The molecule has 0 aromatic carbocycles. The maximum Gasteiger partial charge on any atom is 0.445 e. The van der Waals surface area contributed by atoms with E-state index in [1.165, 1.54) is 29.8 Å². The molecule has 1 N–H and O–H groups in total. The van der Waals surface area contributed by atoms with Gasteiger partial charge in [-0.1, -0.05) is 36.0 Å². The molecular weight excluding hydrogens is 394 g/mol. The van der Waals surface area contributed by atoms with Gasteiger partial charge >= 0.3 is 11.9 Å². The first-order valence-electron chi connectivity index (χ1n) is 9.91. The number of rotatable bonds is 6. The standard InChI is InChI=1S/C19H27N5O4S/c1-23-16-14(18(26)24(2)19(23)27)17(29-11-13(25)20-9-10-28-3)22-15(21-16)12-7-5-4-6-8-12/h12,14H,4-11H2,1-3H3/p+1. The van der Waals surface area contributed by atoms with Crippen molar-refractivity contribution in [2.75, 3.05) is 40.1 Å². The first-order chi connectivity index (χ1) is 13.9. The number of ether oxygens (including phenoxy) is 1. The third-order valence-corrected chi connectivity index (χ3v) is 6.43. The van der Waals surface area contributed by atoms with Gasteiger partial charge in [-0.3, -0.25) is 9.59 Å². The second-order valence-electron chi connectivity index (χ2n) is 7.42. The zero-order valence-corrected chi connectivity index (χ0v) is 18.0. The van der Waals surface area contributed by atoms with Crippen molar-refractivity contribution < 1.29 is 23.7 Å². The average Bonchev–Trinajstić information content (AvgIpc) is 2.75. The molecule has 158 valence electrons. The molecule has 4 amide bonds. The molecule has 0 radical (unpaired) electrons. The summed E-state index contributed by atoms with van der Waals surface area (Å²) in [6.07, 6.45) is 5.46. The van der Waals surface area contributed by atoms with Crippen LogP contribution in [0.5, 0.6) is 0 Å². The van der Waals surface area contributed by atoms with Crippen LogP contribution in [0.25, 0.3) is 0 Å². The minimum Gasteiger partial charge on any atom is -0.383 e. The Morgan fingerprint density at radius 3 is 2.69 bits per heavy atom. The van der Waals surface area contributed by atoms with E-state index < -0.39 is 11.9 Å². The zero-order valence-electron chi connectivity index (χ0n) is 17.1. The molecule has 0 aromatic rings. The maximum absolute atomic E-state index is 12.8. The number of nitrogens with one attached hydrogen (secondary N) is 1. The second-order valence-corrected chi connectivity index (χ2v) is 8.41. The normalized spacial score (nSPS) is 23.0. The van der Waals surface area contributed by atoms with E-state index in [4.69, 9.17) is 9.73 Å². The van der Waals surface area contributed by atoms with Crippen LogP contribution in [0.4, 0.5) is 4.79 Å². The van der Waals surface area contributed by atoms with Crippen LogP contribution in [0.2, 0.25) is 0 Å². The van der Waals surface area contributed by atoms with Crippen LogP contribution in [0.15, 0.2) is 9.98 Å². The predicted molar refractivity (Wildman–Crippen MR) is 112 cm³/mol. The van der Waals surface area contributed by atoms with Crippen molar-refractivity contribution in [3.05, 3.63) is 0 Å². The predicted octanol–water partition coefficient (Wildman–Crippen LogP) is 1.12. The molecule has 1 aliphatic carbocycles. The molecule has 2 heterocycles. The Kier molecular flexibility index (Phi) is 7.18. The molecule has 9 nitrogen and oxygen atoms in total. The van der Waals surface area contributed by atoms with Crippen molar-refractivity contribution in [3.8, 4) is 0 Å². The van der Waals surface area contributed by atoms with E-state index in [0.717, 1.165) is 30.6 Å². The lowest BCUT2D eigenvalue weighted by Gasteiger charge is -2.28. The number of amidine groups is 2. The number of fused-ring (bicyclic) bond motifs is 1. The van der Waals surface area contributed by atoms with Gasteiger partial charge in [0.1, 0.15) is 5.04 Å². The topological polar surface area (TPSA) is 103 Å². The Morgan fingerprint density at radius 1 is 1.28 bits per heavy atom. The monoisotopic (exact) mass is 422 g/mol. The van der Waals surface area contributed by atoms with Crippen LogP contribution in [0.1, 0.15) is 32.1 Å². The lowest BCUT2D eigenvalue weighted by Crippen LogP contribution is -2.55. The fourth-order valence-corrected chi connectivity index (χ4v) is 4.64. The van der Waals surface area contributed by atoms with E-state index in [0.29, 0.717) is 29.9 Å². The van der Waals surface area contributed by atoms with Gasteiger partial charge in [0.2, 0.25) is 11.7 Å². The third-order valence-electron chi connectivity index (χ3n) is 5.40. The molecule has 0 saturated heterocycles. The Labute approximate surface area is 174 Å². The number of methoxy groups -OCH3 is 1. The lowest BCUT2D eigenvalue weighted by molar-refractivity contribution is -0.407. The molecule has 1 fully saturated rings. The van der Waals surface area contributed by atoms with Gasteiger partial charge in [0.15, 0.2) is 5.92 Å². The number of amides is 4. The molecule has 0 spiro atoms. The number of hydrogen-bond acceptors (Lipinski definition) is 7. The van der Waals surface area contributed by atoms with Crippen LogP contribution >= 0.6 is 11.8 Å². The van der Waals surface area contributed by atoms with Gasteiger partial charge in [-0.05, 0) is 12.8 Å². The van der Waals surface area contributed by atoms with Gasteiger partial charge in [-0.25, -0.2) is 9.79 Å². The summed E-state index contributed by atoms with van der Waals surface area (Å²) in [5.74, 6) is 0.193. The zero-order chi connectivity index (χ0) is 21.0. The third kappa shape index (κ3) is 4.75. The molecule has 0 bridgehead atoms. The van der Waals surface area contributed by atoms with Crippen molar-refractivity contribution in [2.45, 2.75) is 32.1 Å². The fourth-order valence-electron chi connectivity index (χ4n) is 3.73. The number of carbonyl (C=O) groups is 3. The van der Waals surface area contributed by atoms with Gasteiger partial charge in [0.25, 0.3) is 5.84 Å². The molecule has 1 unspecified atom stereocenters. The van der Waals surface area contributed by atoms with Crippen molar-refractivity contribution in [2.24, 2.45) is 21.8 Å². The Hall–Kier alpha value is -2.07. The number of carbonyl (C=O) groups excluding carboxylic acids is 3. The summed E-state index contributed by atoms with van der Waals surface area (Å²) in [7, 11) is 4.66. The van der Waals surface area contributed by atoms with Gasteiger partial charge in [0.05, 0.1) is 26.5 Å². The Balaban J connectivity index is 1.86. The first kappa shape index (κ1) is 21.6. The highest BCUT2D eigenvalue weighted by molar-refractivity contribution is 8.14. The first-order valence-corrected chi connectivity index (χ1v) is 10.9. The summed E-state index contributed by atoms with van der Waals surface area (Å²) >= 11 is 1.24. The highest BCUT2D eigenvalue weighted by atomic mass is 32.2. The van der Waals surface area contributed by atoms with Gasteiger partial charge < -0.3 is 10.1 Å². The summed E-state index contributed by atoms with van der Waals surface area (Å²) in [5.41, 5.74) is 0. The van der Waals surface area contributed by atoms with Crippen LogP contribution < -0.4 is 5.32 Å². The highest BCUT2D eigenvalue weighted by Gasteiger charge is 2.49. The van der Waals surface area contributed by atoms with Gasteiger partial charge in [-0.2, -0.15) is 9.48 Å². The summed E-state index contributed by atoms with van der Waals surface area (Å²) in [5, 5.41) is 3.30. The number of hydrogen-bond donors (Lipinski definition) is 1. The molecule has 29 heavy (non-hydrogen) atoms. The lowest BCUT2D eigenvalue weighted by atomic mass is 9.88. The van der Waals surface area contributed by atoms with Crippen molar-refractivity contribution in [1.29, 1.82) is 0 Å². The van der Waals surface area contributed by atoms with E-state index >= 15 is 0 Å². The highest BCUT2D eigenvalue weighted by Crippen LogP contribution is 2.31. The molecule has 0 aromatic heterocycles. The number of imide groups is 1. The number of urea groups is 1. The Morgan fingerprint density at radius 2 is 2.00 bits per heavy atom. The summed E-state index contributed by atoms with van der Waals surface area (Å²) < 4.78 is 6.35. The number of aliphatic imine (C=N–C) groups is 2. The molecule has 1 atom stereocenters. The van der Waals surface area contributed by atoms with Crippen LogP contribution in [0, 0.1) is 11.8 Å². The number of thioether (sulfide) groups is 1. The molecule has 3 rings (SSSR count). The minimum absolute atomic E-state index is 0.138. The molecule has 3 aliphatic rings. The fraction of sp³-hybridized carbons (Fsp3) is 0.684. The molecular formula is C19H28N5O4S+. The maximum atomic E-state index is 12.8. The van der Waals surface area contributed by atoms with Crippen LogP contribution in [-0.2, 0) is 14.3 Å². The van der Waals surface area contributed by atoms with Crippen molar-refractivity contribution in [1.82, 2.24) is 10.2 Å². The molecule has 10 heteroatoms. The smallest absolute Gasteiger partial charge is 0.383 e. The Bertz CT molecular complexity index is 785. The van der Waals surface area contributed by atoms with E-state index in [1.807, 2.05) is 0 Å². The SMILES string of the molecule is COCCNC(=O)CSC1=NC(C2CCCCC2)=NC2=[N+](C)C(=O)N(C)C(=O)C12. The average molecular weight is 423 g/mol. The largest absolute Gasteiger partial charge is 0.445 e. The van der Waals surface area contributed by atoms with Crippen LogP contribution in [-0.4, -0.2) is 84.1 Å². The van der Waals surface area contributed by atoms with E-state index in [2.05, 4.69) is 10.3 Å². The van der Waals surface area contributed by atoms with Crippen molar-refractivity contribution >= 4 is 46.3 Å². The van der Waals surface area contributed by atoms with Gasteiger partial charge in [0, 0.05) is 19.6 Å². The number of nitrogens with zero attached hydrogens (tertiary/aromatic N) is 4. The van der Waals surface area contributed by atoms with E-state index in [-0.39, 0.29) is 23.5 Å². The summed E-state index contributed by atoms with van der Waals surface area (Å²) in [6.45, 7) is 0.865. The second kappa shape index (κ2) is 9.62. The summed E-state index contributed by atoms with van der Waals surface area (Å²) in [6, 6.07) is -0.406. The summed E-state index contributed by atoms with van der Waals surface area (Å²) in [4.78, 5) is 47.8. The minimum atomic E-state index is -0.744. The van der Waals surface area contributed by atoms with E-state index in [1.54, 1.807) is 14.2 Å². The van der Waals surface area contributed by atoms with Crippen LogP contribution in [0.3, 0.4) is 0 Å². The van der Waals surface area contributed by atoms with E-state index in [9.17, 15) is 14.4 Å². The van der Waals surface area contributed by atoms with Crippen molar-refractivity contribution in [3.63, 3.8) is 0 Å². The molecule has 2 aliphatic heterocycles. The quantitative estimate of drug-likeness (QED) is 0.510. The molecule has 1 saturated carbocycles.